The Balaban J connectivity index is 1.89. The summed E-state index contributed by atoms with van der Waals surface area (Å²) < 4.78 is 39.7. The molecule has 124 valence electrons. The number of hydrogen-bond acceptors (Lipinski definition) is 5. The van der Waals surface area contributed by atoms with Crippen molar-refractivity contribution >= 4 is 10.0 Å². The summed E-state index contributed by atoms with van der Waals surface area (Å²) >= 11 is 0. The van der Waals surface area contributed by atoms with Crippen LogP contribution in [-0.2, 0) is 23.6 Å². The third-order valence-electron chi connectivity index (χ3n) is 3.62. The van der Waals surface area contributed by atoms with Crippen LogP contribution in [0.25, 0.3) is 0 Å². The van der Waals surface area contributed by atoms with Gasteiger partial charge in [0.05, 0.1) is 11.1 Å². The van der Waals surface area contributed by atoms with Crippen LogP contribution < -0.4 is 9.47 Å². The van der Waals surface area contributed by atoms with Gasteiger partial charge in [-0.05, 0) is 12.1 Å². The predicted octanol–water partition coefficient (Wildman–Crippen LogP) is 1.40. The van der Waals surface area contributed by atoms with Crippen LogP contribution in [0.5, 0.6) is 11.5 Å². The van der Waals surface area contributed by atoms with E-state index < -0.39 is 10.0 Å². The van der Waals surface area contributed by atoms with Crippen LogP contribution in [0.1, 0.15) is 12.5 Å². The van der Waals surface area contributed by atoms with Gasteiger partial charge in [-0.15, -0.1) is 0 Å². The quantitative estimate of drug-likeness (QED) is 0.824. The standard InChI is InChI=1S/C15H19N3O4S/c1-3-18(11-12-9-16-17(2)10-12)23(19,20)13-4-5-14-15(8-13)22-7-6-21-14/h4-5,8-10H,3,6-7,11H2,1-2H3. The van der Waals surface area contributed by atoms with E-state index in [4.69, 9.17) is 9.47 Å². The minimum atomic E-state index is -3.61. The van der Waals surface area contributed by atoms with Crippen LogP contribution in [0.2, 0.25) is 0 Å². The van der Waals surface area contributed by atoms with Crippen LogP contribution in [-0.4, -0.2) is 42.3 Å². The number of hydrogen-bond donors (Lipinski definition) is 0. The molecule has 0 radical (unpaired) electrons. The molecule has 0 amide bonds. The molecule has 0 atom stereocenters. The minimum Gasteiger partial charge on any atom is -0.486 e. The molecular weight excluding hydrogens is 318 g/mol. The van der Waals surface area contributed by atoms with Crippen LogP contribution in [0.15, 0.2) is 35.5 Å². The molecule has 0 N–H and O–H groups in total. The Hall–Kier alpha value is -2.06. The number of aryl methyl sites for hydroxylation is 1. The molecule has 0 spiro atoms. The monoisotopic (exact) mass is 337 g/mol. The van der Waals surface area contributed by atoms with Gasteiger partial charge in [0, 0.05) is 38.0 Å². The van der Waals surface area contributed by atoms with Crippen LogP contribution in [0.4, 0.5) is 0 Å². The second-order valence-electron chi connectivity index (χ2n) is 5.26. The lowest BCUT2D eigenvalue weighted by Gasteiger charge is -2.22. The van der Waals surface area contributed by atoms with E-state index in [1.807, 2.05) is 13.1 Å². The fourth-order valence-electron chi connectivity index (χ4n) is 2.46. The molecule has 7 nitrogen and oxygen atoms in total. The molecule has 3 rings (SSSR count). The van der Waals surface area contributed by atoms with Crippen molar-refractivity contribution in [2.45, 2.75) is 18.4 Å². The van der Waals surface area contributed by atoms with Gasteiger partial charge in [-0.3, -0.25) is 4.68 Å². The van der Waals surface area contributed by atoms with Crippen molar-refractivity contribution in [2.24, 2.45) is 7.05 Å². The first-order chi connectivity index (χ1) is 11.0. The number of sulfonamides is 1. The first-order valence-corrected chi connectivity index (χ1v) is 8.82. The zero-order chi connectivity index (χ0) is 16.4. The average Bonchev–Trinajstić information content (AvgIpc) is 2.97. The summed E-state index contributed by atoms with van der Waals surface area (Å²) in [7, 11) is -1.81. The van der Waals surface area contributed by atoms with E-state index in [1.165, 1.54) is 10.4 Å². The van der Waals surface area contributed by atoms with Crippen molar-refractivity contribution in [3.8, 4) is 11.5 Å². The van der Waals surface area contributed by atoms with Crippen molar-refractivity contribution in [1.82, 2.24) is 14.1 Å². The smallest absolute Gasteiger partial charge is 0.243 e. The Morgan fingerprint density at radius 1 is 1.26 bits per heavy atom. The SMILES string of the molecule is CCN(Cc1cnn(C)c1)S(=O)(=O)c1ccc2c(c1)OCCO2. The molecule has 0 saturated heterocycles. The summed E-state index contributed by atoms with van der Waals surface area (Å²) in [5.74, 6) is 1.04. The van der Waals surface area contributed by atoms with Gasteiger partial charge in [0.2, 0.25) is 10.0 Å². The fourth-order valence-corrected chi connectivity index (χ4v) is 3.91. The molecule has 0 unspecified atom stereocenters. The zero-order valence-electron chi connectivity index (χ0n) is 13.1. The molecule has 1 aromatic heterocycles. The van der Waals surface area contributed by atoms with E-state index in [-0.39, 0.29) is 11.4 Å². The maximum atomic E-state index is 12.9. The van der Waals surface area contributed by atoms with E-state index in [1.54, 1.807) is 30.1 Å². The largest absolute Gasteiger partial charge is 0.486 e. The molecule has 0 fully saturated rings. The number of ether oxygens (including phenoxy) is 2. The number of nitrogens with zero attached hydrogens (tertiary/aromatic N) is 3. The lowest BCUT2D eigenvalue weighted by atomic mass is 10.3. The van der Waals surface area contributed by atoms with Gasteiger partial charge in [0.15, 0.2) is 11.5 Å². The van der Waals surface area contributed by atoms with Gasteiger partial charge < -0.3 is 9.47 Å². The summed E-state index contributed by atoms with van der Waals surface area (Å²) in [6.45, 7) is 3.35. The summed E-state index contributed by atoms with van der Waals surface area (Å²) in [6, 6.07) is 4.71. The van der Waals surface area contributed by atoms with Gasteiger partial charge in [0.25, 0.3) is 0 Å². The van der Waals surface area contributed by atoms with Crippen molar-refractivity contribution in [3.63, 3.8) is 0 Å². The number of aromatic nitrogens is 2. The molecule has 2 heterocycles. The molecule has 23 heavy (non-hydrogen) atoms. The average molecular weight is 337 g/mol. The highest BCUT2D eigenvalue weighted by atomic mass is 32.2. The number of rotatable bonds is 5. The van der Waals surface area contributed by atoms with Gasteiger partial charge in [-0.25, -0.2) is 8.42 Å². The molecular formula is C15H19N3O4S. The Morgan fingerprint density at radius 3 is 2.65 bits per heavy atom. The molecule has 2 aromatic rings. The number of benzene rings is 1. The first-order valence-electron chi connectivity index (χ1n) is 7.38. The lowest BCUT2D eigenvalue weighted by Crippen LogP contribution is -2.30. The lowest BCUT2D eigenvalue weighted by molar-refractivity contribution is 0.171. The summed E-state index contributed by atoms with van der Waals surface area (Å²) in [5, 5.41) is 4.08. The number of fused-ring (bicyclic) bond motifs is 1. The van der Waals surface area contributed by atoms with Crippen molar-refractivity contribution < 1.29 is 17.9 Å². The Kier molecular flexibility index (Phi) is 4.27. The van der Waals surface area contributed by atoms with Crippen LogP contribution in [0.3, 0.4) is 0 Å². The molecule has 8 heteroatoms. The molecule has 1 aliphatic rings. The van der Waals surface area contributed by atoms with E-state index in [2.05, 4.69) is 5.10 Å². The maximum Gasteiger partial charge on any atom is 0.243 e. The van der Waals surface area contributed by atoms with Crippen LogP contribution >= 0.6 is 0 Å². The van der Waals surface area contributed by atoms with Gasteiger partial charge in [0.1, 0.15) is 13.2 Å². The molecule has 1 aliphatic heterocycles. The summed E-state index contributed by atoms with van der Waals surface area (Å²) in [5.41, 5.74) is 0.843. The molecule has 0 saturated carbocycles. The second-order valence-corrected chi connectivity index (χ2v) is 7.20. The van der Waals surface area contributed by atoms with Gasteiger partial charge in [-0.1, -0.05) is 6.92 Å². The highest BCUT2D eigenvalue weighted by molar-refractivity contribution is 7.89. The highest BCUT2D eigenvalue weighted by Crippen LogP contribution is 2.33. The van der Waals surface area contributed by atoms with Crippen molar-refractivity contribution in [1.29, 1.82) is 0 Å². The normalized spacial score (nSPS) is 14.2. The summed E-state index contributed by atoms with van der Waals surface area (Å²) in [4.78, 5) is 0.201. The molecule has 0 bridgehead atoms. The molecule has 1 aromatic carbocycles. The fraction of sp³-hybridized carbons (Fsp3) is 0.400. The summed E-state index contributed by atoms with van der Waals surface area (Å²) in [6.07, 6.45) is 3.48. The Bertz CT molecular complexity index is 801. The van der Waals surface area contributed by atoms with E-state index in [9.17, 15) is 8.42 Å². The van der Waals surface area contributed by atoms with Crippen molar-refractivity contribution in [2.75, 3.05) is 19.8 Å². The molecule has 0 aliphatic carbocycles. The topological polar surface area (TPSA) is 73.7 Å². The predicted molar refractivity (Wildman–Crippen MR) is 83.9 cm³/mol. The zero-order valence-corrected chi connectivity index (χ0v) is 13.9. The first kappa shape index (κ1) is 15.8. The van der Waals surface area contributed by atoms with Crippen LogP contribution in [0, 0.1) is 0 Å². The van der Waals surface area contributed by atoms with Gasteiger partial charge in [-0.2, -0.15) is 9.40 Å². The Labute approximate surface area is 135 Å². The Morgan fingerprint density at radius 2 is 2.00 bits per heavy atom. The third-order valence-corrected chi connectivity index (χ3v) is 5.54. The third kappa shape index (κ3) is 3.18. The highest BCUT2D eigenvalue weighted by Gasteiger charge is 2.25. The van der Waals surface area contributed by atoms with E-state index >= 15 is 0 Å². The minimum absolute atomic E-state index is 0.201. The van der Waals surface area contributed by atoms with Gasteiger partial charge >= 0.3 is 0 Å². The van der Waals surface area contributed by atoms with E-state index in [0.29, 0.717) is 31.3 Å². The maximum absolute atomic E-state index is 12.9. The van der Waals surface area contributed by atoms with E-state index in [0.717, 1.165) is 5.56 Å². The second kappa shape index (κ2) is 6.21. The van der Waals surface area contributed by atoms with Crippen molar-refractivity contribution in [3.05, 3.63) is 36.2 Å².